The lowest BCUT2D eigenvalue weighted by molar-refractivity contribution is -0.191. The number of piperidine rings is 1. The molecule has 1 aliphatic rings. The number of methoxy groups -OCH3 is 2. The van der Waals surface area contributed by atoms with E-state index >= 15 is 0 Å². The summed E-state index contributed by atoms with van der Waals surface area (Å²) in [6.07, 6.45) is 0.274. The average Bonchev–Trinajstić information content (AvgIpc) is 2.29. The molecule has 5 nitrogen and oxygen atoms in total. The van der Waals surface area contributed by atoms with Crippen LogP contribution in [0, 0.1) is 0 Å². The maximum Gasteiger partial charge on any atom is 0.341 e. The van der Waals surface area contributed by atoms with Gasteiger partial charge in [0.1, 0.15) is 6.10 Å². The molecule has 0 amide bonds. The molecule has 0 aromatic rings. The van der Waals surface area contributed by atoms with Crippen molar-refractivity contribution in [2.45, 2.75) is 25.0 Å². The molecule has 5 heteroatoms. The highest BCUT2D eigenvalue weighted by Crippen LogP contribution is 2.26. The quantitative estimate of drug-likeness (QED) is 0.669. The summed E-state index contributed by atoms with van der Waals surface area (Å²) in [5.74, 6) is -0.333. The number of nitrogens with one attached hydrogen (secondary N) is 1. The minimum Gasteiger partial charge on any atom is -0.464 e. The topological polar surface area (TPSA) is 56.8 Å². The molecule has 0 spiro atoms. The van der Waals surface area contributed by atoms with Crippen LogP contribution in [0.15, 0.2) is 0 Å². The molecule has 0 saturated carbocycles. The Hall–Kier alpha value is -0.650. The van der Waals surface area contributed by atoms with Crippen LogP contribution in [0.2, 0.25) is 0 Å². The molecule has 0 aromatic carbocycles. The fourth-order valence-corrected chi connectivity index (χ4v) is 1.91. The molecule has 1 saturated heterocycles. The second-order valence-corrected chi connectivity index (χ2v) is 3.49. The normalized spacial score (nSPS) is 31.3. The van der Waals surface area contributed by atoms with Gasteiger partial charge in [-0.1, -0.05) is 0 Å². The molecule has 1 fully saturated rings. The van der Waals surface area contributed by atoms with Crippen LogP contribution in [-0.2, 0) is 19.0 Å². The number of carbonyl (C=O) groups is 1. The van der Waals surface area contributed by atoms with Gasteiger partial charge in [0.25, 0.3) is 0 Å². The van der Waals surface area contributed by atoms with Crippen LogP contribution >= 0.6 is 0 Å². The number of rotatable bonds is 4. The highest BCUT2D eigenvalue weighted by molar-refractivity contribution is 5.80. The van der Waals surface area contributed by atoms with Gasteiger partial charge in [-0.15, -0.1) is 0 Å². The summed E-state index contributed by atoms with van der Waals surface area (Å²) in [5, 5.41) is 3.16. The summed E-state index contributed by atoms with van der Waals surface area (Å²) in [4.78, 5) is 11.9. The minimum absolute atomic E-state index is 0.296. The Morgan fingerprint density at radius 2 is 2.27 bits per heavy atom. The Morgan fingerprint density at radius 1 is 1.53 bits per heavy atom. The van der Waals surface area contributed by atoms with Gasteiger partial charge in [0.2, 0.25) is 0 Å². The molecular weight excluding hydrogens is 198 g/mol. The predicted molar refractivity (Wildman–Crippen MR) is 54.7 cm³/mol. The summed E-state index contributed by atoms with van der Waals surface area (Å²) in [5.41, 5.74) is -0.948. The van der Waals surface area contributed by atoms with Crippen LogP contribution in [-0.4, -0.2) is 51.6 Å². The lowest BCUT2D eigenvalue weighted by Gasteiger charge is -2.39. The van der Waals surface area contributed by atoms with Crippen molar-refractivity contribution >= 4 is 5.97 Å². The van der Waals surface area contributed by atoms with Gasteiger partial charge in [-0.3, -0.25) is 0 Å². The summed E-state index contributed by atoms with van der Waals surface area (Å²) in [7, 11) is 3.10. The Kier molecular flexibility index (Phi) is 4.50. The number of ether oxygens (including phenoxy) is 3. The second-order valence-electron chi connectivity index (χ2n) is 3.49. The van der Waals surface area contributed by atoms with E-state index in [4.69, 9.17) is 14.2 Å². The second kappa shape index (κ2) is 5.44. The summed E-state index contributed by atoms with van der Waals surface area (Å²) < 4.78 is 15.7. The van der Waals surface area contributed by atoms with Crippen molar-refractivity contribution in [3.63, 3.8) is 0 Å². The van der Waals surface area contributed by atoms with Crippen LogP contribution in [0.1, 0.15) is 13.3 Å². The molecule has 1 rings (SSSR count). The van der Waals surface area contributed by atoms with Crippen LogP contribution in [0.25, 0.3) is 0 Å². The van der Waals surface area contributed by atoms with Crippen molar-refractivity contribution in [2.24, 2.45) is 0 Å². The van der Waals surface area contributed by atoms with E-state index in [-0.39, 0.29) is 12.1 Å². The van der Waals surface area contributed by atoms with Crippen molar-refractivity contribution in [1.82, 2.24) is 5.32 Å². The number of hydrogen-bond donors (Lipinski definition) is 1. The third kappa shape index (κ3) is 2.30. The van der Waals surface area contributed by atoms with E-state index in [0.29, 0.717) is 19.6 Å². The summed E-state index contributed by atoms with van der Waals surface area (Å²) >= 11 is 0. The van der Waals surface area contributed by atoms with Crippen molar-refractivity contribution in [2.75, 3.05) is 33.9 Å². The van der Waals surface area contributed by atoms with E-state index in [2.05, 4.69) is 5.32 Å². The number of carbonyl (C=O) groups excluding carboxylic acids is 1. The van der Waals surface area contributed by atoms with Gasteiger partial charge in [-0.05, 0) is 13.5 Å². The van der Waals surface area contributed by atoms with Gasteiger partial charge in [0, 0.05) is 27.2 Å². The van der Waals surface area contributed by atoms with Crippen molar-refractivity contribution in [3.05, 3.63) is 0 Å². The Labute approximate surface area is 90.1 Å². The zero-order valence-corrected chi connectivity index (χ0v) is 9.54. The van der Waals surface area contributed by atoms with E-state index in [1.54, 1.807) is 14.0 Å². The maximum atomic E-state index is 11.9. The molecule has 1 aliphatic heterocycles. The molecule has 1 N–H and O–H groups in total. The molecule has 0 bridgehead atoms. The van der Waals surface area contributed by atoms with E-state index < -0.39 is 5.60 Å². The summed E-state index contributed by atoms with van der Waals surface area (Å²) in [6, 6.07) is 0. The van der Waals surface area contributed by atoms with E-state index in [9.17, 15) is 4.79 Å². The van der Waals surface area contributed by atoms with Gasteiger partial charge in [-0.2, -0.15) is 0 Å². The third-order valence-corrected chi connectivity index (χ3v) is 2.79. The lowest BCUT2D eigenvalue weighted by Crippen LogP contribution is -2.61. The predicted octanol–water partition coefficient (Wildman–Crippen LogP) is -0.0570. The van der Waals surface area contributed by atoms with E-state index in [0.717, 1.165) is 6.54 Å². The monoisotopic (exact) mass is 217 g/mol. The van der Waals surface area contributed by atoms with Crippen LogP contribution in [0.5, 0.6) is 0 Å². The zero-order chi connectivity index (χ0) is 11.3. The molecular formula is C10H19NO4. The average molecular weight is 217 g/mol. The Morgan fingerprint density at radius 3 is 2.80 bits per heavy atom. The van der Waals surface area contributed by atoms with Crippen LogP contribution < -0.4 is 5.32 Å². The SMILES string of the molecule is CCOC(=O)[C@]1(OC)CCNC[C@H]1OC. The lowest BCUT2D eigenvalue weighted by atomic mass is 9.89. The molecule has 0 aromatic heterocycles. The summed E-state index contributed by atoms with van der Waals surface area (Å²) in [6.45, 7) is 3.47. The first-order valence-corrected chi connectivity index (χ1v) is 5.17. The molecule has 1 heterocycles. The van der Waals surface area contributed by atoms with E-state index in [1.807, 2.05) is 0 Å². The third-order valence-electron chi connectivity index (χ3n) is 2.79. The smallest absolute Gasteiger partial charge is 0.341 e. The maximum absolute atomic E-state index is 11.9. The molecule has 0 radical (unpaired) electrons. The van der Waals surface area contributed by atoms with Crippen LogP contribution in [0.4, 0.5) is 0 Å². The first-order chi connectivity index (χ1) is 7.21. The van der Waals surface area contributed by atoms with Crippen LogP contribution in [0.3, 0.4) is 0 Å². The zero-order valence-electron chi connectivity index (χ0n) is 9.54. The van der Waals surface area contributed by atoms with Crippen molar-refractivity contribution < 1.29 is 19.0 Å². The Balaban J connectivity index is 2.82. The molecule has 0 unspecified atom stereocenters. The standard InChI is InChI=1S/C10H19NO4/c1-4-15-9(12)10(14-3)5-6-11-7-8(10)13-2/h8,11H,4-7H2,1-3H3/t8-,10+/m1/s1. The molecule has 2 atom stereocenters. The first-order valence-electron chi connectivity index (χ1n) is 5.17. The molecule has 88 valence electrons. The van der Waals surface area contributed by atoms with Gasteiger partial charge in [-0.25, -0.2) is 4.79 Å². The number of hydrogen-bond acceptors (Lipinski definition) is 5. The van der Waals surface area contributed by atoms with Gasteiger partial charge in [0.05, 0.1) is 6.61 Å². The van der Waals surface area contributed by atoms with Gasteiger partial charge < -0.3 is 19.5 Å². The molecule has 15 heavy (non-hydrogen) atoms. The van der Waals surface area contributed by atoms with E-state index in [1.165, 1.54) is 7.11 Å². The molecule has 0 aliphatic carbocycles. The first kappa shape index (κ1) is 12.4. The van der Waals surface area contributed by atoms with Crippen molar-refractivity contribution in [3.8, 4) is 0 Å². The number of esters is 1. The van der Waals surface area contributed by atoms with Crippen molar-refractivity contribution in [1.29, 1.82) is 0 Å². The van der Waals surface area contributed by atoms with Gasteiger partial charge >= 0.3 is 5.97 Å². The Bertz CT molecular complexity index is 221. The van der Waals surface area contributed by atoms with Gasteiger partial charge in [0.15, 0.2) is 5.60 Å². The highest BCUT2D eigenvalue weighted by Gasteiger charge is 2.49. The fraction of sp³-hybridized carbons (Fsp3) is 0.900. The highest BCUT2D eigenvalue weighted by atomic mass is 16.6. The minimum atomic E-state index is -0.948. The fourth-order valence-electron chi connectivity index (χ4n) is 1.91. The largest absolute Gasteiger partial charge is 0.464 e.